The molecule has 0 bridgehead atoms. The van der Waals surface area contributed by atoms with Crippen LogP contribution in [0.15, 0.2) is 53.8 Å². The molecule has 3 aromatic rings. The second kappa shape index (κ2) is 7.67. The van der Waals surface area contributed by atoms with Gasteiger partial charge in [0.1, 0.15) is 0 Å². The summed E-state index contributed by atoms with van der Waals surface area (Å²) in [5, 5.41) is 9.60. The average Bonchev–Trinajstić information content (AvgIpc) is 3.45. The summed E-state index contributed by atoms with van der Waals surface area (Å²) in [6.45, 7) is 5.40. The molecule has 1 atom stereocenters. The Balaban J connectivity index is 1.45. The van der Waals surface area contributed by atoms with Crippen LogP contribution >= 0.6 is 11.8 Å². The van der Waals surface area contributed by atoms with Gasteiger partial charge in [-0.2, -0.15) is 0 Å². The smallest absolute Gasteiger partial charge is 0.229 e. The number of aryl methyl sites for hydroxylation is 1. The minimum absolute atomic E-state index is 0.227. The molecule has 154 valence electrons. The summed E-state index contributed by atoms with van der Waals surface area (Å²) in [6.07, 6.45) is 8.84. The van der Waals surface area contributed by atoms with Crippen LogP contribution < -0.4 is 4.90 Å². The minimum atomic E-state index is 0.227. The largest absolute Gasteiger partial charge is 0.396 e. The fourth-order valence-corrected chi connectivity index (χ4v) is 5.26. The van der Waals surface area contributed by atoms with E-state index >= 15 is 0 Å². The molecular weight excluding hydrogens is 392 g/mol. The Morgan fingerprint density at radius 3 is 2.63 bits per heavy atom. The molecule has 1 saturated carbocycles. The lowest BCUT2D eigenvalue weighted by molar-refractivity contribution is 0.289. The van der Waals surface area contributed by atoms with Crippen molar-refractivity contribution in [2.45, 2.75) is 48.7 Å². The first-order chi connectivity index (χ1) is 14.6. The number of anilines is 2. The SMILES string of the molecule is Cc1ccnc(-c2cnc(N3CC4(CC4)c4ccc(SC(C)CCO)cc43)nc2)c1. The highest BCUT2D eigenvalue weighted by Gasteiger charge is 2.52. The molecule has 2 aromatic heterocycles. The fraction of sp³-hybridized carbons (Fsp3) is 0.375. The van der Waals surface area contributed by atoms with Crippen molar-refractivity contribution >= 4 is 23.4 Å². The normalized spacial score (nSPS) is 17.2. The number of pyridine rings is 1. The molecule has 2 aliphatic rings. The molecule has 1 aromatic carbocycles. The molecule has 0 saturated heterocycles. The van der Waals surface area contributed by atoms with Crippen molar-refractivity contribution in [3.63, 3.8) is 0 Å². The van der Waals surface area contributed by atoms with Crippen molar-refractivity contribution in [3.05, 3.63) is 60.0 Å². The molecule has 0 radical (unpaired) electrons. The summed E-state index contributed by atoms with van der Waals surface area (Å²) in [6, 6.07) is 10.8. The summed E-state index contributed by atoms with van der Waals surface area (Å²) in [4.78, 5) is 17.4. The number of aliphatic hydroxyl groups is 1. The Hall–Kier alpha value is -2.44. The van der Waals surface area contributed by atoms with Gasteiger partial charge in [-0.25, -0.2) is 9.97 Å². The molecule has 1 fully saturated rings. The standard InChI is InChI=1S/C24H26N4OS/c1-16-5-9-25-21(11-16)18-13-26-23(27-14-18)28-15-24(7-8-24)20-4-3-19(12-22(20)28)30-17(2)6-10-29/h3-5,9,11-14,17,29H,6-8,10,15H2,1-2H3. The van der Waals surface area contributed by atoms with Gasteiger partial charge in [0, 0.05) is 58.6 Å². The van der Waals surface area contributed by atoms with Crippen molar-refractivity contribution in [2.75, 3.05) is 18.1 Å². The summed E-state index contributed by atoms with van der Waals surface area (Å²) in [5.41, 5.74) is 5.94. The molecule has 0 amide bonds. The molecule has 1 spiro atoms. The second-order valence-electron chi connectivity index (χ2n) is 8.48. The van der Waals surface area contributed by atoms with Crippen LogP contribution in [0.3, 0.4) is 0 Å². The Morgan fingerprint density at radius 2 is 1.93 bits per heavy atom. The Bertz CT molecular complexity index is 1070. The van der Waals surface area contributed by atoms with Crippen LogP contribution in [0, 0.1) is 6.92 Å². The zero-order chi connectivity index (χ0) is 20.7. The van der Waals surface area contributed by atoms with Crippen molar-refractivity contribution < 1.29 is 5.11 Å². The van der Waals surface area contributed by atoms with Crippen LogP contribution in [0.1, 0.15) is 37.3 Å². The molecule has 1 unspecified atom stereocenters. The average molecular weight is 419 g/mol. The van der Waals surface area contributed by atoms with Crippen molar-refractivity contribution in [1.82, 2.24) is 15.0 Å². The lowest BCUT2D eigenvalue weighted by atomic mass is 9.99. The van der Waals surface area contributed by atoms with E-state index < -0.39 is 0 Å². The predicted molar refractivity (Wildman–Crippen MR) is 121 cm³/mol. The molecule has 6 heteroatoms. The summed E-state index contributed by atoms with van der Waals surface area (Å²) < 4.78 is 0. The quantitative estimate of drug-likeness (QED) is 0.575. The van der Waals surface area contributed by atoms with E-state index in [-0.39, 0.29) is 12.0 Å². The third-order valence-corrected chi connectivity index (χ3v) is 7.27. The first-order valence-electron chi connectivity index (χ1n) is 10.5. The van der Waals surface area contributed by atoms with E-state index in [9.17, 15) is 5.11 Å². The van der Waals surface area contributed by atoms with Crippen LogP contribution in [0.2, 0.25) is 0 Å². The van der Waals surface area contributed by atoms with E-state index in [1.807, 2.05) is 36.4 Å². The van der Waals surface area contributed by atoms with Gasteiger partial charge in [0.05, 0.1) is 5.69 Å². The van der Waals surface area contributed by atoms with Gasteiger partial charge in [0.15, 0.2) is 0 Å². The van der Waals surface area contributed by atoms with Crippen molar-refractivity contribution in [1.29, 1.82) is 0 Å². The second-order valence-corrected chi connectivity index (χ2v) is 9.99. The Labute approximate surface area is 181 Å². The van der Waals surface area contributed by atoms with Crippen LogP contribution in [-0.2, 0) is 5.41 Å². The summed E-state index contributed by atoms with van der Waals surface area (Å²) in [7, 11) is 0. The monoisotopic (exact) mass is 418 g/mol. The Morgan fingerprint density at radius 1 is 1.13 bits per heavy atom. The number of thioether (sulfide) groups is 1. The molecule has 1 N–H and O–H groups in total. The van der Waals surface area contributed by atoms with Gasteiger partial charge in [-0.1, -0.05) is 13.0 Å². The van der Waals surface area contributed by atoms with Gasteiger partial charge in [-0.3, -0.25) is 4.98 Å². The van der Waals surface area contributed by atoms with Crippen LogP contribution in [-0.4, -0.2) is 38.5 Å². The summed E-state index contributed by atoms with van der Waals surface area (Å²) >= 11 is 1.82. The maximum atomic E-state index is 9.21. The van der Waals surface area contributed by atoms with Gasteiger partial charge >= 0.3 is 0 Å². The highest BCUT2D eigenvalue weighted by molar-refractivity contribution is 7.99. The lowest BCUT2D eigenvalue weighted by Crippen LogP contribution is -2.21. The highest BCUT2D eigenvalue weighted by atomic mass is 32.2. The van der Waals surface area contributed by atoms with E-state index in [1.165, 1.54) is 34.6 Å². The number of fused-ring (bicyclic) bond motifs is 2. The van der Waals surface area contributed by atoms with Crippen LogP contribution in [0.4, 0.5) is 11.6 Å². The number of hydrogen-bond donors (Lipinski definition) is 1. The zero-order valence-electron chi connectivity index (χ0n) is 17.4. The number of nitrogens with zero attached hydrogens (tertiary/aromatic N) is 4. The molecule has 5 rings (SSSR count). The molecule has 3 heterocycles. The van der Waals surface area contributed by atoms with E-state index in [0.29, 0.717) is 5.25 Å². The van der Waals surface area contributed by atoms with E-state index in [0.717, 1.165) is 30.2 Å². The first-order valence-corrected chi connectivity index (χ1v) is 11.4. The third-order valence-electron chi connectivity index (χ3n) is 6.11. The van der Waals surface area contributed by atoms with E-state index in [2.05, 4.69) is 48.0 Å². The topological polar surface area (TPSA) is 62.1 Å². The van der Waals surface area contributed by atoms with Gasteiger partial charge in [-0.15, -0.1) is 11.8 Å². The molecular formula is C24H26N4OS. The molecule has 1 aliphatic carbocycles. The molecule has 5 nitrogen and oxygen atoms in total. The maximum Gasteiger partial charge on any atom is 0.229 e. The number of hydrogen-bond acceptors (Lipinski definition) is 6. The zero-order valence-corrected chi connectivity index (χ0v) is 18.2. The number of benzene rings is 1. The highest BCUT2D eigenvalue weighted by Crippen LogP contribution is 2.58. The van der Waals surface area contributed by atoms with Crippen LogP contribution in [0.25, 0.3) is 11.3 Å². The fourth-order valence-electron chi connectivity index (χ4n) is 4.25. The summed E-state index contributed by atoms with van der Waals surface area (Å²) in [5.74, 6) is 0.752. The van der Waals surface area contributed by atoms with E-state index in [4.69, 9.17) is 9.97 Å². The molecule has 30 heavy (non-hydrogen) atoms. The van der Waals surface area contributed by atoms with Gasteiger partial charge < -0.3 is 10.0 Å². The Kier molecular flexibility index (Phi) is 4.99. The van der Waals surface area contributed by atoms with Crippen LogP contribution in [0.5, 0.6) is 0 Å². The van der Waals surface area contributed by atoms with Gasteiger partial charge in [-0.05, 0) is 61.6 Å². The lowest BCUT2D eigenvalue weighted by Gasteiger charge is -2.18. The number of aromatic nitrogens is 3. The molecule has 1 aliphatic heterocycles. The first kappa shape index (κ1) is 19.5. The van der Waals surface area contributed by atoms with Gasteiger partial charge in [0.2, 0.25) is 5.95 Å². The number of aliphatic hydroxyl groups excluding tert-OH is 1. The van der Waals surface area contributed by atoms with Crippen molar-refractivity contribution in [2.24, 2.45) is 0 Å². The minimum Gasteiger partial charge on any atom is -0.396 e. The van der Waals surface area contributed by atoms with Crippen molar-refractivity contribution in [3.8, 4) is 11.3 Å². The van der Waals surface area contributed by atoms with E-state index in [1.54, 1.807) is 0 Å². The third kappa shape index (κ3) is 3.59. The number of rotatable bonds is 6. The van der Waals surface area contributed by atoms with Gasteiger partial charge in [0.25, 0.3) is 0 Å². The maximum absolute atomic E-state index is 9.21. The predicted octanol–water partition coefficient (Wildman–Crippen LogP) is 4.89.